The number of carbonyl (C=O) groups is 1. The normalized spacial score (nSPS) is 21.6. The van der Waals surface area contributed by atoms with Crippen molar-refractivity contribution in [3.05, 3.63) is 94.6 Å². The molecule has 242 valence electrons. The Bertz CT molecular complexity index is 1690. The summed E-state index contributed by atoms with van der Waals surface area (Å²) in [7, 11) is -4.02. The molecule has 45 heavy (non-hydrogen) atoms. The van der Waals surface area contributed by atoms with Gasteiger partial charge in [0.15, 0.2) is 5.78 Å². The van der Waals surface area contributed by atoms with Gasteiger partial charge < -0.3 is 15.2 Å². The van der Waals surface area contributed by atoms with E-state index in [4.69, 9.17) is 19.8 Å². The second kappa shape index (κ2) is 12.4. The van der Waals surface area contributed by atoms with Crippen LogP contribution in [-0.2, 0) is 37.7 Å². The number of hydrogen-bond donors (Lipinski definition) is 2. The molecule has 0 saturated carbocycles. The van der Waals surface area contributed by atoms with E-state index >= 15 is 0 Å². The number of rotatable bonds is 6. The number of aryl methyl sites for hydroxylation is 1. The summed E-state index contributed by atoms with van der Waals surface area (Å²) in [5, 5.41) is 0. The molecule has 3 aromatic rings. The van der Waals surface area contributed by atoms with Crippen molar-refractivity contribution in [2.75, 3.05) is 13.2 Å². The smallest absolute Gasteiger partial charge is 0.417 e. The zero-order chi connectivity index (χ0) is 33.4. The largest absolute Gasteiger partial charge is 0.465 e. The van der Waals surface area contributed by atoms with Crippen LogP contribution in [0.2, 0.25) is 0 Å². The van der Waals surface area contributed by atoms with Crippen molar-refractivity contribution >= 4 is 21.9 Å². The molecule has 0 bridgehead atoms. The highest BCUT2D eigenvalue weighted by Crippen LogP contribution is 2.49. The van der Waals surface area contributed by atoms with Gasteiger partial charge in [-0.2, -0.15) is 21.6 Å². The number of benzene rings is 2. The molecule has 1 saturated heterocycles. The molecule has 0 amide bonds. The number of fused-ring (bicyclic) bond motifs is 1. The minimum absolute atomic E-state index is 0.0666. The van der Waals surface area contributed by atoms with Crippen molar-refractivity contribution in [1.82, 2.24) is 4.98 Å². The van der Waals surface area contributed by atoms with Gasteiger partial charge in [-0.1, -0.05) is 23.8 Å². The van der Waals surface area contributed by atoms with Crippen LogP contribution in [0.1, 0.15) is 39.7 Å². The Balaban J connectivity index is 0.000000354. The molecule has 5 rings (SSSR count). The van der Waals surface area contributed by atoms with Gasteiger partial charge in [-0.25, -0.2) is 18.2 Å². The number of aliphatic imine (C=N–C) groups is 1. The summed E-state index contributed by atoms with van der Waals surface area (Å²) in [6, 6.07) is 11.0. The second-order valence-electron chi connectivity index (χ2n) is 10.6. The van der Waals surface area contributed by atoms with Crippen LogP contribution in [-0.4, -0.2) is 55.0 Å². The maximum absolute atomic E-state index is 15.0. The Hall–Kier alpha value is -4.02. The van der Waals surface area contributed by atoms with Gasteiger partial charge in [0.1, 0.15) is 23.2 Å². The van der Waals surface area contributed by atoms with Crippen LogP contribution in [0.3, 0.4) is 0 Å². The van der Waals surface area contributed by atoms with E-state index in [9.17, 15) is 39.6 Å². The van der Waals surface area contributed by atoms with Crippen molar-refractivity contribution in [3.8, 4) is 0 Å². The molecule has 16 heteroatoms. The number of pyridine rings is 1. The van der Waals surface area contributed by atoms with Gasteiger partial charge in [0, 0.05) is 25.1 Å². The fraction of sp³-hybridized carbons (Fsp3) is 0.345. The topological polar surface area (TPSA) is 141 Å². The third-order valence-electron chi connectivity index (χ3n) is 7.24. The van der Waals surface area contributed by atoms with Crippen LogP contribution in [0.4, 0.5) is 26.3 Å². The Kier molecular flexibility index (Phi) is 9.33. The zero-order valence-corrected chi connectivity index (χ0v) is 24.5. The van der Waals surface area contributed by atoms with Gasteiger partial charge in [-0.3, -0.25) is 14.3 Å². The van der Waals surface area contributed by atoms with E-state index in [0.29, 0.717) is 13.1 Å². The molecule has 0 spiro atoms. The monoisotopic (exact) mass is 659 g/mol. The van der Waals surface area contributed by atoms with Crippen LogP contribution in [0.15, 0.2) is 70.7 Å². The Morgan fingerprint density at radius 2 is 1.76 bits per heavy atom. The molecule has 1 aromatic heterocycles. The molecule has 0 unspecified atom stereocenters. The van der Waals surface area contributed by atoms with Gasteiger partial charge in [-0.15, -0.1) is 0 Å². The SMILES string of the molecule is CC(F)(F)[C@H]1OC[C@]2(c3cc(CC(=O)c4ccc(C(F)(F)F)cn4)ccc3F)N=C(N)OC[C@H]12.Cc1ccc(S(=O)(=O)O)cc1. The number of amidine groups is 1. The lowest BCUT2D eigenvalue weighted by Crippen LogP contribution is -2.48. The van der Waals surface area contributed by atoms with Crippen molar-refractivity contribution in [3.63, 3.8) is 0 Å². The van der Waals surface area contributed by atoms with E-state index in [1.165, 1.54) is 24.3 Å². The molecule has 2 aliphatic heterocycles. The predicted molar refractivity (Wildman–Crippen MR) is 148 cm³/mol. The lowest BCUT2D eigenvalue weighted by Gasteiger charge is -2.37. The first kappa shape index (κ1) is 33.9. The molecule has 2 aromatic carbocycles. The number of halogens is 6. The number of ketones is 1. The molecule has 3 heterocycles. The summed E-state index contributed by atoms with van der Waals surface area (Å²) in [5.74, 6) is -5.71. The quantitative estimate of drug-likeness (QED) is 0.211. The average molecular weight is 660 g/mol. The second-order valence-corrected chi connectivity index (χ2v) is 12.0. The predicted octanol–water partition coefficient (Wildman–Crippen LogP) is 5.12. The fourth-order valence-electron chi connectivity index (χ4n) is 5.00. The van der Waals surface area contributed by atoms with E-state index in [2.05, 4.69) is 9.98 Å². The van der Waals surface area contributed by atoms with Crippen molar-refractivity contribution < 1.29 is 53.6 Å². The summed E-state index contributed by atoms with van der Waals surface area (Å²) in [6.45, 7) is 1.86. The number of nitrogens with zero attached hydrogens (tertiary/aromatic N) is 2. The number of alkyl halides is 5. The van der Waals surface area contributed by atoms with Gasteiger partial charge in [0.25, 0.3) is 22.1 Å². The first-order valence-electron chi connectivity index (χ1n) is 13.2. The first-order chi connectivity index (χ1) is 20.8. The molecule has 2 aliphatic rings. The van der Waals surface area contributed by atoms with Crippen molar-refractivity contribution in [2.45, 2.75) is 48.9 Å². The lowest BCUT2D eigenvalue weighted by molar-refractivity contribution is -0.137. The Morgan fingerprint density at radius 1 is 1.09 bits per heavy atom. The lowest BCUT2D eigenvalue weighted by atomic mass is 9.76. The summed E-state index contributed by atoms with van der Waals surface area (Å²) in [4.78, 5) is 20.2. The highest BCUT2D eigenvalue weighted by atomic mass is 32.2. The Morgan fingerprint density at radius 3 is 2.31 bits per heavy atom. The zero-order valence-electron chi connectivity index (χ0n) is 23.7. The van der Waals surface area contributed by atoms with Gasteiger partial charge >= 0.3 is 6.18 Å². The fourth-order valence-corrected chi connectivity index (χ4v) is 5.48. The highest BCUT2D eigenvalue weighted by molar-refractivity contribution is 7.85. The molecule has 3 N–H and O–H groups in total. The minimum atomic E-state index is -4.60. The third-order valence-corrected chi connectivity index (χ3v) is 8.11. The van der Waals surface area contributed by atoms with Gasteiger partial charge in [0.05, 0.1) is 29.6 Å². The number of nitrogens with two attached hydrogens (primary N) is 1. The average Bonchev–Trinajstić information content (AvgIpc) is 3.34. The molecular formula is C29H27F6N3O6S. The number of Topliss-reactive ketones (excluding diaryl/α,β-unsaturated/α-hetero) is 1. The van der Waals surface area contributed by atoms with Crippen LogP contribution in [0, 0.1) is 18.7 Å². The first-order valence-corrected chi connectivity index (χ1v) is 14.6. The number of aromatic nitrogens is 1. The summed E-state index contributed by atoms with van der Waals surface area (Å²) in [6.07, 6.45) is -5.98. The number of carbonyl (C=O) groups excluding carboxylic acids is 1. The molecule has 1 fully saturated rings. The van der Waals surface area contributed by atoms with Crippen LogP contribution in [0.25, 0.3) is 0 Å². The summed E-state index contributed by atoms with van der Waals surface area (Å²) >= 11 is 0. The maximum Gasteiger partial charge on any atom is 0.417 e. The van der Waals surface area contributed by atoms with Gasteiger partial charge in [0.2, 0.25) is 0 Å². The summed E-state index contributed by atoms with van der Waals surface area (Å²) < 4.78 is 121. The van der Waals surface area contributed by atoms with Crippen LogP contribution in [0.5, 0.6) is 0 Å². The number of ether oxygens (including phenoxy) is 2. The van der Waals surface area contributed by atoms with E-state index in [1.54, 1.807) is 12.1 Å². The van der Waals surface area contributed by atoms with Crippen molar-refractivity contribution in [2.24, 2.45) is 16.6 Å². The van der Waals surface area contributed by atoms with E-state index in [1.807, 2.05) is 6.92 Å². The summed E-state index contributed by atoms with van der Waals surface area (Å²) in [5.41, 5.74) is 4.01. The third kappa shape index (κ3) is 7.62. The van der Waals surface area contributed by atoms with Crippen LogP contribution < -0.4 is 5.73 Å². The molecule has 0 radical (unpaired) electrons. The molecule has 0 aliphatic carbocycles. The standard InChI is InChI=1S/C22H19F6N3O3.C7H8O3S/c1-20(24,25)18-14-9-33-19(29)31-21(14,10-34-18)13-6-11(2-4-15(13)23)7-17(32)16-5-3-12(8-30-16)22(26,27)28;1-6-2-4-7(5-3-6)11(8,9)10/h2-6,8,14,18H,7,9-10H2,1H3,(H2,29,31);2-5H,1H3,(H,8,9,10)/t14-,18+,21-;/m1./s1. The molecule has 9 nitrogen and oxygen atoms in total. The van der Waals surface area contributed by atoms with Crippen LogP contribution >= 0.6 is 0 Å². The maximum atomic E-state index is 15.0. The Labute approximate surface area is 253 Å². The number of hydrogen-bond acceptors (Lipinski definition) is 8. The molecular weight excluding hydrogens is 632 g/mol. The van der Waals surface area contributed by atoms with Gasteiger partial charge in [-0.05, 0) is 48.9 Å². The highest BCUT2D eigenvalue weighted by Gasteiger charge is 2.60. The van der Waals surface area contributed by atoms with E-state index < -0.39 is 56.9 Å². The van der Waals surface area contributed by atoms with Crippen molar-refractivity contribution in [1.29, 1.82) is 0 Å². The molecule has 3 atom stereocenters. The minimum Gasteiger partial charge on any atom is -0.465 e. The van der Waals surface area contributed by atoms with E-state index in [0.717, 1.165) is 23.8 Å². The van der Waals surface area contributed by atoms with E-state index in [-0.39, 0.29) is 47.4 Å².